The van der Waals surface area contributed by atoms with Crippen molar-refractivity contribution in [3.63, 3.8) is 0 Å². The lowest BCUT2D eigenvalue weighted by atomic mass is 9.81. The Hall–Kier alpha value is -2.69. The minimum absolute atomic E-state index is 0.0168. The van der Waals surface area contributed by atoms with Crippen molar-refractivity contribution < 1.29 is 14.0 Å². The molecule has 4 nitrogen and oxygen atoms in total. The number of rotatable bonds is 6. The molecule has 1 fully saturated rings. The molecule has 0 heterocycles. The maximum atomic E-state index is 12.9. The first-order valence-electron chi connectivity index (χ1n) is 9.87. The molecule has 2 N–H and O–H groups in total. The molecule has 5 heteroatoms. The highest BCUT2D eigenvalue weighted by Gasteiger charge is 2.29. The SMILES string of the molecule is Cc1ccccc1CNC(=O)C1CCC(C(=O)NCc2ccc(F)cc2)CC1. The molecule has 0 saturated heterocycles. The van der Waals surface area contributed by atoms with Gasteiger partial charge in [-0.15, -0.1) is 0 Å². The summed E-state index contributed by atoms with van der Waals surface area (Å²) in [6, 6.07) is 14.2. The lowest BCUT2D eigenvalue weighted by Gasteiger charge is -2.27. The first-order chi connectivity index (χ1) is 13.5. The molecule has 0 bridgehead atoms. The normalized spacial score (nSPS) is 19.1. The molecule has 0 unspecified atom stereocenters. The summed E-state index contributed by atoms with van der Waals surface area (Å²) < 4.78 is 12.9. The zero-order valence-electron chi connectivity index (χ0n) is 16.2. The van der Waals surface area contributed by atoms with Gasteiger partial charge >= 0.3 is 0 Å². The predicted molar refractivity (Wildman–Crippen MR) is 107 cm³/mol. The molecule has 1 aliphatic rings. The Morgan fingerprint density at radius 1 is 0.857 bits per heavy atom. The Morgan fingerprint density at radius 3 is 1.96 bits per heavy atom. The van der Waals surface area contributed by atoms with Gasteiger partial charge in [0.2, 0.25) is 11.8 Å². The number of amides is 2. The molecule has 1 saturated carbocycles. The van der Waals surface area contributed by atoms with Crippen molar-refractivity contribution in [3.8, 4) is 0 Å². The largest absolute Gasteiger partial charge is 0.352 e. The van der Waals surface area contributed by atoms with Crippen LogP contribution in [0, 0.1) is 24.6 Å². The van der Waals surface area contributed by atoms with Crippen LogP contribution in [0.1, 0.15) is 42.4 Å². The van der Waals surface area contributed by atoms with Gasteiger partial charge < -0.3 is 10.6 Å². The Kier molecular flexibility index (Phi) is 6.80. The fraction of sp³-hybridized carbons (Fsp3) is 0.391. The van der Waals surface area contributed by atoms with Crippen LogP contribution in [0.3, 0.4) is 0 Å². The van der Waals surface area contributed by atoms with Crippen LogP contribution >= 0.6 is 0 Å². The van der Waals surface area contributed by atoms with E-state index in [9.17, 15) is 14.0 Å². The van der Waals surface area contributed by atoms with Crippen LogP contribution in [0.25, 0.3) is 0 Å². The first kappa shape index (κ1) is 20.1. The molecule has 0 spiro atoms. The molecular formula is C23H27FN2O2. The smallest absolute Gasteiger partial charge is 0.223 e. The lowest BCUT2D eigenvalue weighted by molar-refractivity contribution is -0.130. The number of benzene rings is 2. The van der Waals surface area contributed by atoms with Gasteiger partial charge in [0.25, 0.3) is 0 Å². The van der Waals surface area contributed by atoms with E-state index in [-0.39, 0.29) is 29.5 Å². The summed E-state index contributed by atoms with van der Waals surface area (Å²) in [5.41, 5.74) is 3.17. The third-order valence-electron chi connectivity index (χ3n) is 5.56. The fourth-order valence-corrected chi connectivity index (χ4v) is 3.69. The van der Waals surface area contributed by atoms with Gasteiger partial charge in [0, 0.05) is 24.9 Å². The molecule has 0 radical (unpaired) electrons. The van der Waals surface area contributed by atoms with Crippen LogP contribution in [0.4, 0.5) is 4.39 Å². The van der Waals surface area contributed by atoms with Crippen LogP contribution in [0.2, 0.25) is 0 Å². The van der Waals surface area contributed by atoms with E-state index in [0.717, 1.165) is 36.8 Å². The molecule has 0 aromatic heterocycles. The van der Waals surface area contributed by atoms with Gasteiger partial charge in [0.05, 0.1) is 0 Å². The van der Waals surface area contributed by atoms with Gasteiger partial charge in [0.1, 0.15) is 5.82 Å². The Labute approximate surface area is 165 Å². The molecule has 0 aliphatic heterocycles. The molecule has 2 aromatic rings. The summed E-state index contributed by atoms with van der Waals surface area (Å²) in [4.78, 5) is 24.8. The van der Waals surface area contributed by atoms with Crippen LogP contribution < -0.4 is 10.6 Å². The second-order valence-electron chi connectivity index (χ2n) is 7.54. The van der Waals surface area contributed by atoms with Crippen LogP contribution in [-0.4, -0.2) is 11.8 Å². The van der Waals surface area contributed by atoms with Crippen molar-refractivity contribution >= 4 is 11.8 Å². The fourth-order valence-electron chi connectivity index (χ4n) is 3.69. The molecule has 3 rings (SSSR count). The maximum Gasteiger partial charge on any atom is 0.223 e. The van der Waals surface area contributed by atoms with E-state index >= 15 is 0 Å². The molecule has 28 heavy (non-hydrogen) atoms. The summed E-state index contributed by atoms with van der Waals surface area (Å²) in [7, 11) is 0. The Balaban J connectivity index is 1.40. The van der Waals surface area contributed by atoms with Gasteiger partial charge in [-0.05, 0) is 61.4 Å². The number of hydrogen-bond donors (Lipinski definition) is 2. The van der Waals surface area contributed by atoms with Gasteiger partial charge in [-0.3, -0.25) is 9.59 Å². The zero-order valence-corrected chi connectivity index (χ0v) is 16.2. The average Bonchev–Trinajstić information content (AvgIpc) is 2.72. The second kappa shape index (κ2) is 9.49. The van der Waals surface area contributed by atoms with Crippen LogP contribution in [-0.2, 0) is 22.7 Å². The lowest BCUT2D eigenvalue weighted by Crippen LogP contribution is -2.37. The standard InChI is InChI=1S/C23H27FN2O2/c1-16-4-2-3-5-20(16)15-26-23(28)19-10-8-18(9-11-19)22(27)25-14-17-6-12-21(24)13-7-17/h2-7,12-13,18-19H,8-11,14-15H2,1H3,(H,25,27)(H,26,28). The Morgan fingerprint density at radius 2 is 1.39 bits per heavy atom. The summed E-state index contributed by atoms with van der Waals surface area (Å²) in [6.45, 7) is 2.98. The summed E-state index contributed by atoms with van der Waals surface area (Å²) in [5.74, 6) is -0.267. The van der Waals surface area contributed by atoms with Crippen LogP contribution in [0.15, 0.2) is 48.5 Å². The van der Waals surface area contributed by atoms with E-state index in [0.29, 0.717) is 13.1 Å². The second-order valence-corrected chi connectivity index (χ2v) is 7.54. The third kappa shape index (κ3) is 5.41. The molecule has 1 aliphatic carbocycles. The van der Waals surface area contributed by atoms with E-state index in [1.807, 2.05) is 31.2 Å². The average molecular weight is 382 g/mol. The summed E-state index contributed by atoms with van der Waals surface area (Å²) in [5, 5.41) is 5.96. The molecule has 148 valence electrons. The molecule has 0 atom stereocenters. The maximum absolute atomic E-state index is 12.9. The summed E-state index contributed by atoms with van der Waals surface area (Å²) >= 11 is 0. The number of halogens is 1. The first-order valence-corrected chi connectivity index (χ1v) is 9.87. The van der Waals surface area contributed by atoms with E-state index in [1.54, 1.807) is 12.1 Å². The van der Waals surface area contributed by atoms with Gasteiger partial charge in [-0.25, -0.2) is 4.39 Å². The van der Waals surface area contributed by atoms with E-state index in [1.165, 1.54) is 17.7 Å². The number of nitrogens with one attached hydrogen (secondary N) is 2. The summed E-state index contributed by atoms with van der Waals surface area (Å²) in [6.07, 6.45) is 2.90. The monoisotopic (exact) mass is 382 g/mol. The van der Waals surface area contributed by atoms with Crippen molar-refractivity contribution in [2.45, 2.75) is 45.7 Å². The number of hydrogen-bond acceptors (Lipinski definition) is 2. The number of carbonyl (C=O) groups is 2. The third-order valence-corrected chi connectivity index (χ3v) is 5.56. The Bertz CT molecular complexity index is 812. The minimum atomic E-state index is -0.283. The topological polar surface area (TPSA) is 58.2 Å². The molecular weight excluding hydrogens is 355 g/mol. The van der Waals surface area contributed by atoms with Gasteiger partial charge in [-0.2, -0.15) is 0 Å². The highest BCUT2D eigenvalue weighted by atomic mass is 19.1. The molecule has 2 amide bonds. The van der Waals surface area contributed by atoms with Crippen molar-refractivity contribution in [1.29, 1.82) is 0 Å². The van der Waals surface area contributed by atoms with Gasteiger partial charge in [-0.1, -0.05) is 36.4 Å². The van der Waals surface area contributed by atoms with Crippen molar-refractivity contribution in [3.05, 3.63) is 71.0 Å². The van der Waals surface area contributed by atoms with Crippen molar-refractivity contribution in [1.82, 2.24) is 10.6 Å². The highest BCUT2D eigenvalue weighted by molar-refractivity contribution is 5.81. The number of aryl methyl sites for hydroxylation is 1. The van der Waals surface area contributed by atoms with Crippen molar-refractivity contribution in [2.24, 2.45) is 11.8 Å². The van der Waals surface area contributed by atoms with E-state index in [2.05, 4.69) is 10.6 Å². The predicted octanol–water partition coefficient (Wildman–Crippen LogP) is 3.87. The zero-order chi connectivity index (χ0) is 19.9. The van der Waals surface area contributed by atoms with Gasteiger partial charge in [0.15, 0.2) is 0 Å². The minimum Gasteiger partial charge on any atom is -0.352 e. The van der Waals surface area contributed by atoms with E-state index in [4.69, 9.17) is 0 Å². The quantitative estimate of drug-likeness (QED) is 0.797. The van der Waals surface area contributed by atoms with Crippen LogP contribution in [0.5, 0.6) is 0 Å². The number of carbonyl (C=O) groups excluding carboxylic acids is 2. The van der Waals surface area contributed by atoms with Crippen molar-refractivity contribution in [2.75, 3.05) is 0 Å². The van der Waals surface area contributed by atoms with E-state index < -0.39 is 0 Å². The highest BCUT2D eigenvalue weighted by Crippen LogP contribution is 2.29. The molecule has 2 aromatic carbocycles.